The van der Waals surface area contributed by atoms with Crippen molar-refractivity contribution in [2.24, 2.45) is 0 Å². The largest absolute Gasteiger partial charge is 0.480 e. The van der Waals surface area contributed by atoms with E-state index < -0.39 is 86.6 Å². The summed E-state index contributed by atoms with van der Waals surface area (Å²) in [5.74, 6) is -5.37. The minimum atomic E-state index is -5.05. The van der Waals surface area contributed by atoms with Gasteiger partial charge in [-0.05, 0) is 143 Å². The van der Waals surface area contributed by atoms with E-state index in [0.29, 0.717) is 33.8 Å². The van der Waals surface area contributed by atoms with E-state index in [1.54, 1.807) is 60.6 Å². The average Bonchev–Trinajstić information content (AvgIpc) is 2.11. The number of carboxylic acids is 1. The number of nitrogens with zero attached hydrogens (tertiary/aromatic N) is 6. The Morgan fingerprint density at radius 3 is 1.12 bits per heavy atom. The molecule has 0 saturated heterocycles. The molecule has 86 heavy (non-hydrogen) atoms. The molecule has 0 radical (unpaired) electrons. The quantitative estimate of drug-likeness (QED) is 0.0328. The van der Waals surface area contributed by atoms with E-state index in [1.807, 2.05) is 36.4 Å². The number of aromatic nitrogens is 6. The van der Waals surface area contributed by atoms with Crippen molar-refractivity contribution in [1.82, 2.24) is 28.7 Å². The standard InChI is InChI=1S/C33H42F3N3O5S.C29H34F3N3O5S/c1-10-19-38-26(37-39(29(38)42)20-21-11-15-23(16-12-21)30(2,3)4)25(33(34,35)36)43-27(40)22-13-17-24(18-14-22)45-32(8,9)28(41)44-31(5,6)7;1-7-16-34-23(33-35(26(34)39)17-18-8-12-20(13-9-18)27(2,3)4)22(29(30,31)32)40-24(36)19-10-14-21(15-11-19)41-28(5,6)25(37)38/h11-18,25H,10,19-20H2,1-9H3;8-15,22H,7,16-17H2,1-6H3,(H,37,38). The number of ether oxygens (including phenoxy) is 3. The van der Waals surface area contributed by atoms with Gasteiger partial charge in [-0.1, -0.05) is 104 Å². The number of esters is 3. The molecule has 2 heterocycles. The molecule has 0 aliphatic rings. The summed E-state index contributed by atoms with van der Waals surface area (Å²) in [6, 6.07) is 25.9. The third-order valence-corrected chi connectivity index (χ3v) is 15.3. The lowest BCUT2D eigenvalue weighted by molar-refractivity contribution is -0.211. The van der Waals surface area contributed by atoms with E-state index in [2.05, 4.69) is 51.7 Å². The molecular formula is C62H76F6N6O10S2. The van der Waals surface area contributed by atoms with Gasteiger partial charge in [0.05, 0.1) is 24.2 Å². The Balaban J connectivity index is 0.000000315. The minimum absolute atomic E-state index is 0.0411. The van der Waals surface area contributed by atoms with Gasteiger partial charge in [-0.3, -0.25) is 18.7 Å². The molecule has 0 bridgehead atoms. The highest BCUT2D eigenvalue weighted by Gasteiger charge is 2.49. The van der Waals surface area contributed by atoms with Gasteiger partial charge in [0.2, 0.25) is 0 Å². The number of hydrogen-bond acceptors (Lipinski definition) is 13. The molecule has 0 aliphatic carbocycles. The summed E-state index contributed by atoms with van der Waals surface area (Å²) in [6.45, 7) is 27.2. The molecule has 0 saturated carbocycles. The molecule has 24 heteroatoms. The van der Waals surface area contributed by atoms with Gasteiger partial charge in [0.25, 0.3) is 12.2 Å². The lowest BCUT2D eigenvalue weighted by Crippen LogP contribution is -2.36. The third-order valence-electron chi connectivity index (χ3n) is 12.9. The molecule has 468 valence electrons. The highest BCUT2D eigenvalue weighted by Crippen LogP contribution is 2.39. The van der Waals surface area contributed by atoms with Gasteiger partial charge in [-0.25, -0.2) is 28.5 Å². The Labute approximate surface area is 505 Å². The summed E-state index contributed by atoms with van der Waals surface area (Å²) in [4.78, 5) is 77.2. The summed E-state index contributed by atoms with van der Waals surface area (Å²) < 4.78 is 103. The zero-order chi connectivity index (χ0) is 64.7. The average molecular weight is 1240 g/mol. The van der Waals surface area contributed by atoms with Crippen LogP contribution >= 0.6 is 23.5 Å². The molecule has 4 aromatic carbocycles. The van der Waals surface area contributed by atoms with Crippen LogP contribution in [0, 0.1) is 0 Å². The number of alkyl halides is 6. The second kappa shape index (κ2) is 27.3. The topological polar surface area (TPSA) is 196 Å². The van der Waals surface area contributed by atoms with Crippen LogP contribution in [0.15, 0.2) is 116 Å². The van der Waals surface area contributed by atoms with Crippen molar-refractivity contribution in [3.8, 4) is 0 Å². The smallest absolute Gasteiger partial charge is 0.433 e. The number of halogens is 6. The fourth-order valence-corrected chi connectivity index (χ4v) is 10.2. The molecule has 6 rings (SSSR count). The predicted octanol–water partition coefficient (Wildman–Crippen LogP) is 13.7. The summed E-state index contributed by atoms with van der Waals surface area (Å²) >= 11 is 2.21. The first-order chi connectivity index (χ1) is 39.6. The summed E-state index contributed by atoms with van der Waals surface area (Å²) in [7, 11) is 0. The van der Waals surface area contributed by atoms with Crippen LogP contribution in [0.2, 0.25) is 0 Å². The zero-order valence-electron chi connectivity index (χ0n) is 51.0. The fourth-order valence-electron chi connectivity index (χ4n) is 8.22. The molecular weight excluding hydrogens is 1170 g/mol. The van der Waals surface area contributed by atoms with Crippen LogP contribution in [0.4, 0.5) is 26.3 Å². The van der Waals surface area contributed by atoms with Gasteiger partial charge >= 0.3 is 47.6 Å². The minimum Gasteiger partial charge on any atom is -0.480 e. The van der Waals surface area contributed by atoms with Crippen LogP contribution in [0.25, 0.3) is 0 Å². The van der Waals surface area contributed by atoms with E-state index in [0.717, 1.165) is 41.4 Å². The first-order valence-electron chi connectivity index (χ1n) is 27.7. The SMILES string of the molecule is CCCn1c(C(OC(=O)c2ccc(SC(C)(C)C(=O)O)cc2)C(F)(F)F)nn(Cc2ccc(C(C)(C)C)cc2)c1=O.CCCn1c(C(OC(=O)c2ccc(SC(C)(C)C(=O)OC(C)(C)C)cc2)C(F)(F)F)nn(Cc2ccc(C(C)(C)C)cc2)c1=O. The van der Waals surface area contributed by atoms with Gasteiger partial charge in [0.15, 0.2) is 11.6 Å². The van der Waals surface area contributed by atoms with Crippen LogP contribution in [-0.2, 0) is 60.8 Å². The molecule has 0 aliphatic heterocycles. The zero-order valence-corrected chi connectivity index (χ0v) is 52.7. The van der Waals surface area contributed by atoms with Gasteiger partial charge in [0.1, 0.15) is 15.1 Å². The Kier molecular flexibility index (Phi) is 22.1. The number of rotatable bonds is 20. The number of aliphatic carboxylic acids is 1. The van der Waals surface area contributed by atoms with Crippen molar-refractivity contribution < 1.29 is 64.8 Å². The van der Waals surface area contributed by atoms with Crippen LogP contribution in [0.5, 0.6) is 0 Å². The fraction of sp³-hybridized carbons (Fsp3) is 0.484. The Bertz CT molecular complexity index is 3440. The molecule has 2 atom stereocenters. The second-order valence-corrected chi connectivity index (χ2v) is 27.9. The van der Waals surface area contributed by atoms with Crippen molar-refractivity contribution in [3.63, 3.8) is 0 Å². The van der Waals surface area contributed by atoms with E-state index in [4.69, 9.17) is 14.2 Å². The maximum Gasteiger partial charge on any atom is 0.433 e. The monoisotopic (exact) mass is 1240 g/mol. The van der Waals surface area contributed by atoms with Crippen molar-refractivity contribution in [1.29, 1.82) is 0 Å². The molecule has 2 aromatic heterocycles. The molecule has 0 fully saturated rings. The number of carbonyl (C=O) groups excluding carboxylic acids is 3. The highest BCUT2D eigenvalue weighted by molar-refractivity contribution is 8.01. The van der Waals surface area contributed by atoms with Crippen LogP contribution < -0.4 is 11.4 Å². The maximum absolute atomic E-state index is 14.4. The summed E-state index contributed by atoms with van der Waals surface area (Å²) in [5.41, 5.74) is 0.863. The van der Waals surface area contributed by atoms with Gasteiger partial charge in [-0.2, -0.15) is 36.5 Å². The number of hydrogen-bond donors (Lipinski definition) is 1. The first kappa shape index (κ1) is 69.7. The molecule has 16 nitrogen and oxygen atoms in total. The van der Waals surface area contributed by atoms with Crippen LogP contribution in [0.3, 0.4) is 0 Å². The number of carbonyl (C=O) groups is 4. The first-order valence-corrected chi connectivity index (χ1v) is 29.3. The summed E-state index contributed by atoms with van der Waals surface area (Å²) in [6.07, 6.45) is -14.9. The number of benzene rings is 4. The van der Waals surface area contributed by atoms with Gasteiger partial charge < -0.3 is 19.3 Å². The van der Waals surface area contributed by atoms with Crippen molar-refractivity contribution in [2.45, 2.75) is 203 Å². The number of thioether (sulfide) groups is 2. The Morgan fingerprint density at radius 2 is 0.837 bits per heavy atom. The van der Waals surface area contributed by atoms with Crippen molar-refractivity contribution in [2.75, 3.05) is 0 Å². The molecule has 2 unspecified atom stereocenters. The highest BCUT2D eigenvalue weighted by atomic mass is 32.2. The Morgan fingerprint density at radius 1 is 0.512 bits per heavy atom. The van der Waals surface area contributed by atoms with Crippen molar-refractivity contribution in [3.05, 3.63) is 163 Å². The molecule has 0 amide bonds. The van der Waals surface area contributed by atoms with Crippen LogP contribution in [0.1, 0.15) is 184 Å². The van der Waals surface area contributed by atoms with E-state index in [9.17, 15) is 60.2 Å². The lowest BCUT2D eigenvalue weighted by Gasteiger charge is -2.28. The van der Waals surface area contributed by atoms with Crippen LogP contribution in [-0.4, -0.2) is 85.1 Å². The Hall–Kier alpha value is -7.08. The molecule has 1 N–H and O–H groups in total. The second-order valence-electron chi connectivity index (χ2n) is 24.5. The van der Waals surface area contributed by atoms with E-state index in [-0.39, 0.29) is 48.1 Å². The van der Waals surface area contributed by atoms with Crippen molar-refractivity contribution >= 4 is 47.4 Å². The normalized spacial score (nSPS) is 13.3. The molecule has 6 aromatic rings. The van der Waals surface area contributed by atoms with E-state index in [1.165, 1.54) is 74.1 Å². The predicted molar refractivity (Wildman–Crippen MR) is 317 cm³/mol. The maximum atomic E-state index is 14.4. The van der Waals surface area contributed by atoms with Gasteiger partial charge in [-0.15, -0.1) is 23.5 Å². The number of carboxylic acid groups (broad SMARTS) is 1. The van der Waals surface area contributed by atoms with E-state index >= 15 is 0 Å². The lowest BCUT2D eigenvalue weighted by atomic mass is 9.87. The van der Waals surface area contributed by atoms with Gasteiger partial charge in [0, 0.05) is 22.9 Å². The molecule has 0 spiro atoms. The summed E-state index contributed by atoms with van der Waals surface area (Å²) in [5, 5.41) is 17.3. The third kappa shape index (κ3) is 18.7.